The minimum atomic E-state index is -0.158. The number of benzene rings is 2. The first-order valence-electron chi connectivity index (χ1n) is 11.4. The van der Waals surface area contributed by atoms with E-state index in [0.29, 0.717) is 24.9 Å². The average molecular weight is 481 g/mol. The van der Waals surface area contributed by atoms with Crippen LogP contribution >= 0.6 is 12.2 Å². The first-order chi connectivity index (χ1) is 16.4. The summed E-state index contributed by atoms with van der Waals surface area (Å²) in [5.41, 5.74) is 4.37. The van der Waals surface area contributed by atoms with Gasteiger partial charge in [0.25, 0.3) is 10.7 Å². The molecule has 7 nitrogen and oxygen atoms in total. The highest BCUT2D eigenvalue weighted by molar-refractivity contribution is 7.80. The van der Waals surface area contributed by atoms with Crippen LogP contribution in [0.2, 0.25) is 0 Å². The van der Waals surface area contributed by atoms with Crippen LogP contribution in [0.4, 0.5) is 5.69 Å². The van der Waals surface area contributed by atoms with Crippen molar-refractivity contribution in [2.75, 3.05) is 39.2 Å². The van der Waals surface area contributed by atoms with Crippen LogP contribution < -0.4 is 10.9 Å². The van der Waals surface area contributed by atoms with Crippen LogP contribution in [-0.4, -0.2) is 53.7 Å². The van der Waals surface area contributed by atoms with Gasteiger partial charge in [-0.1, -0.05) is 36.4 Å². The van der Waals surface area contributed by atoms with E-state index < -0.39 is 0 Å². The first-order valence-corrected chi connectivity index (χ1v) is 11.8. The lowest BCUT2D eigenvalue weighted by atomic mass is 10.1. The molecule has 8 heteroatoms. The van der Waals surface area contributed by atoms with Gasteiger partial charge >= 0.3 is 0 Å². The highest BCUT2D eigenvalue weighted by atomic mass is 32.1. The normalized spacial score (nSPS) is 10.9. The molecule has 2 aromatic carbocycles. The van der Waals surface area contributed by atoms with E-state index in [1.54, 1.807) is 12.1 Å². The van der Waals surface area contributed by atoms with Crippen molar-refractivity contribution in [1.29, 1.82) is 0 Å². The topological polar surface area (TPSA) is 68.6 Å². The third-order valence-corrected chi connectivity index (χ3v) is 5.28. The van der Waals surface area contributed by atoms with Gasteiger partial charge in [0.2, 0.25) is 0 Å². The molecule has 0 atom stereocenters. The van der Waals surface area contributed by atoms with Gasteiger partial charge in [0.15, 0.2) is 0 Å². The van der Waals surface area contributed by atoms with Crippen LogP contribution in [0.25, 0.3) is 11.3 Å². The SMILES string of the molecule is CCOC(=S)Nc1cccc(Cn2nc(-c3ccc(COCCCN(C)C)cc3)ccc2=O)c1. The molecule has 3 rings (SSSR count). The third kappa shape index (κ3) is 8.06. The number of anilines is 1. The zero-order chi connectivity index (χ0) is 24.3. The van der Waals surface area contributed by atoms with Crippen LogP contribution in [0, 0.1) is 0 Å². The van der Waals surface area contributed by atoms with Crippen molar-refractivity contribution in [2.45, 2.75) is 26.5 Å². The number of thiocarbonyl (C=S) groups is 1. The van der Waals surface area contributed by atoms with E-state index in [9.17, 15) is 4.79 Å². The molecule has 0 saturated carbocycles. The van der Waals surface area contributed by atoms with Crippen molar-refractivity contribution in [3.63, 3.8) is 0 Å². The molecule has 0 spiro atoms. The molecule has 0 aliphatic heterocycles. The van der Waals surface area contributed by atoms with E-state index in [1.165, 1.54) is 4.68 Å². The Kier molecular flexibility index (Phi) is 9.75. The summed E-state index contributed by atoms with van der Waals surface area (Å²) in [6.07, 6.45) is 1.01. The fourth-order valence-electron chi connectivity index (χ4n) is 3.37. The van der Waals surface area contributed by atoms with E-state index in [4.69, 9.17) is 21.7 Å². The fourth-order valence-corrected chi connectivity index (χ4v) is 3.60. The second-order valence-electron chi connectivity index (χ2n) is 8.17. The molecule has 0 aliphatic carbocycles. The molecule has 1 heterocycles. The average Bonchev–Trinajstić information content (AvgIpc) is 2.81. The maximum Gasteiger partial charge on any atom is 0.267 e. The standard InChI is InChI=1S/C26H32N4O3S/c1-4-33-26(34)27-23-8-5-7-21(17-23)18-30-25(31)14-13-24(28-30)22-11-9-20(10-12-22)19-32-16-6-15-29(2)3/h5,7-14,17H,4,6,15-16,18-19H2,1-3H3,(H,27,34). The molecule has 180 valence electrons. The second-order valence-corrected chi connectivity index (χ2v) is 8.54. The molecule has 0 saturated heterocycles. The molecule has 0 aliphatic rings. The monoisotopic (exact) mass is 480 g/mol. The number of hydrogen-bond donors (Lipinski definition) is 1. The Morgan fingerprint density at radius 3 is 2.62 bits per heavy atom. The summed E-state index contributed by atoms with van der Waals surface area (Å²) in [6.45, 7) is 5.06. The summed E-state index contributed by atoms with van der Waals surface area (Å²) >= 11 is 5.14. The van der Waals surface area contributed by atoms with Crippen LogP contribution in [-0.2, 0) is 22.6 Å². The third-order valence-electron chi connectivity index (χ3n) is 5.06. The number of aromatic nitrogens is 2. The van der Waals surface area contributed by atoms with Gasteiger partial charge in [0.1, 0.15) is 0 Å². The molecule has 34 heavy (non-hydrogen) atoms. The van der Waals surface area contributed by atoms with E-state index in [-0.39, 0.29) is 5.56 Å². The summed E-state index contributed by atoms with van der Waals surface area (Å²) in [4.78, 5) is 14.6. The lowest BCUT2D eigenvalue weighted by molar-refractivity contribution is 0.113. The van der Waals surface area contributed by atoms with Crippen molar-refractivity contribution < 1.29 is 9.47 Å². The van der Waals surface area contributed by atoms with Gasteiger partial charge in [-0.15, -0.1) is 0 Å². The Hall–Kier alpha value is -3.07. The maximum absolute atomic E-state index is 12.4. The first kappa shape index (κ1) is 25.6. The highest BCUT2D eigenvalue weighted by Crippen LogP contribution is 2.18. The largest absolute Gasteiger partial charge is 0.471 e. The maximum atomic E-state index is 12.4. The fraction of sp³-hybridized carbons (Fsp3) is 0.346. The minimum Gasteiger partial charge on any atom is -0.471 e. The molecule has 0 radical (unpaired) electrons. The van der Waals surface area contributed by atoms with Gasteiger partial charge in [0.05, 0.1) is 25.5 Å². The molecule has 3 aromatic rings. The zero-order valence-corrected chi connectivity index (χ0v) is 20.8. The Balaban J connectivity index is 1.65. The molecular formula is C26H32N4O3S. The van der Waals surface area contributed by atoms with Crippen LogP contribution in [0.5, 0.6) is 0 Å². The predicted octanol–water partition coefficient (Wildman–Crippen LogP) is 4.16. The molecular weight excluding hydrogens is 448 g/mol. The van der Waals surface area contributed by atoms with Crippen molar-refractivity contribution in [3.05, 3.63) is 82.1 Å². The van der Waals surface area contributed by atoms with Gasteiger partial charge in [-0.25, -0.2) is 4.68 Å². The molecule has 1 aromatic heterocycles. The van der Waals surface area contributed by atoms with Crippen LogP contribution in [0.1, 0.15) is 24.5 Å². The number of ether oxygens (including phenoxy) is 2. The Morgan fingerprint density at radius 1 is 1.09 bits per heavy atom. The van der Waals surface area contributed by atoms with Gasteiger partial charge in [0, 0.05) is 23.9 Å². The van der Waals surface area contributed by atoms with E-state index in [0.717, 1.165) is 47.6 Å². The lowest BCUT2D eigenvalue weighted by Crippen LogP contribution is -2.23. The van der Waals surface area contributed by atoms with Gasteiger partial charge in [-0.2, -0.15) is 5.10 Å². The predicted molar refractivity (Wildman–Crippen MR) is 140 cm³/mol. The Morgan fingerprint density at radius 2 is 1.88 bits per heavy atom. The van der Waals surface area contributed by atoms with Crippen molar-refractivity contribution in [3.8, 4) is 11.3 Å². The summed E-state index contributed by atoms with van der Waals surface area (Å²) in [6, 6.07) is 19.1. The lowest BCUT2D eigenvalue weighted by Gasteiger charge is -2.11. The van der Waals surface area contributed by atoms with Gasteiger partial charge in [-0.3, -0.25) is 4.79 Å². The number of hydrogen-bond acceptors (Lipinski definition) is 6. The Bertz CT molecular complexity index is 1130. The summed E-state index contributed by atoms with van der Waals surface area (Å²) in [5, 5.41) is 7.95. The highest BCUT2D eigenvalue weighted by Gasteiger charge is 2.06. The van der Waals surface area contributed by atoms with Crippen molar-refractivity contribution in [1.82, 2.24) is 14.7 Å². The second kappa shape index (κ2) is 13.0. The van der Waals surface area contributed by atoms with Crippen molar-refractivity contribution in [2.24, 2.45) is 0 Å². The summed E-state index contributed by atoms with van der Waals surface area (Å²) in [5.74, 6) is 0. The number of rotatable bonds is 11. The van der Waals surface area contributed by atoms with Crippen molar-refractivity contribution >= 4 is 23.1 Å². The van der Waals surface area contributed by atoms with E-state index in [1.807, 2.05) is 55.5 Å². The summed E-state index contributed by atoms with van der Waals surface area (Å²) < 4.78 is 12.5. The molecule has 0 bridgehead atoms. The molecule has 1 N–H and O–H groups in total. The quantitative estimate of drug-likeness (QED) is 0.326. The molecule has 0 unspecified atom stereocenters. The smallest absolute Gasteiger partial charge is 0.267 e. The Labute approximate surface area is 206 Å². The molecule has 0 fully saturated rings. The van der Waals surface area contributed by atoms with Crippen LogP contribution in [0.15, 0.2) is 65.5 Å². The van der Waals surface area contributed by atoms with Gasteiger partial charge in [-0.05, 0) is 75.5 Å². The zero-order valence-electron chi connectivity index (χ0n) is 20.0. The van der Waals surface area contributed by atoms with E-state index >= 15 is 0 Å². The van der Waals surface area contributed by atoms with Gasteiger partial charge < -0.3 is 19.7 Å². The van der Waals surface area contributed by atoms with E-state index in [2.05, 4.69) is 29.4 Å². The molecule has 0 amide bonds. The number of nitrogens with zero attached hydrogens (tertiary/aromatic N) is 3. The number of nitrogens with one attached hydrogen (secondary N) is 1. The minimum absolute atomic E-state index is 0.158. The summed E-state index contributed by atoms with van der Waals surface area (Å²) in [7, 11) is 4.12. The van der Waals surface area contributed by atoms with Crippen LogP contribution in [0.3, 0.4) is 0 Å².